The Morgan fingerprint density at radius 2 is 1.04 bits per heavy atom. The molecule has 0 aliphatic rings. The Morgan fingerprint density at radius 3 is 1.33 bits per heavy atom. The van der Waals surface area contributed by atoms with Gasteiger partial charge in [0.15, 0.2) is 15.9 Å². The van der Waals surface area contributed by atoms with Crippen LogP contribution in [0.5, 0.6) is 11.5 Å². The van der Waals surface area contributed by atoms with Crippen LogP contribution in [0.1, 0.15) is 76.7 Å². The zero-order valence-electron chi connectivity index (χ0n) is 30.0. The van der Waals surface area contributed by atoms with E-state index >= 15 is 0 Å². The van der Waals surface area contributed by atoms with Crippen molar-refractivity contribution in [3.8, 4) is 11.5 Å². The summed E-state index contributed by atoms with van der Waals surface area (Å²) in [5.41, 5.74) is 2.70. The van der Waals surface area contributed by atoms with Gasteiger partial charge < -0.3 is 37.1 Å². The summed E-state index contributed by atoms with van der Waals surface area (Å²) in [7, 11) is 0.907. The lowest BCUT2D eigenvalue weighted by molar-refractivity contribution is -0.419. The standard InChI is InChI=1S/C17H26O5S.C9H19NO2.C7H7ClO3S.CH4.ClH/c1-12(2)15(16(18)22-17(3,4)5)11-23(19,20)14-9-7-13(21-6)8-10-14;1-6(2)7(10)8(11)12-9(3,4)5;1-11-6-2-4-7(5-3-6)12(8,9)10;;/h7-10,12,15H,11H2,1-6H3;6-7H,10H2,1-5H3;2-5H,1H3;1H4;1H/t15-;7-;;;/m11.../s1. The van der Waals surface area contributed by atoms with E-state index in [0.29, 0.717) is 11.5 Å². The topological polar surface area (TPSA) is 167 Å². The molecule has 0 bridgehead atoms. The number of quaternary nitrogens is 1. The molecule has 3 N–H and O–H groups in total. The molecule has 49 heavy (non-hydrogen) atoms. The SMILES string of the molecule is C.CC(C)[C@@H]([NH3+])C(=O)OC(C)(C)C.COc1ccc(S(=O)(=O)C[C@@H](C(=O)OC(C)(C)C)C(C)C)cc1.COc1ccc(S(=O)(=O)Cl)cc1.[Cl-]. The van der Waals surface area contributed by atoms with Gasteiger partial charge in [-0.3, -0.25) is 4.79 Å². The van der Waals surface area contributed by atoms with Crippen LogP contribution >= 0.6 is 10.7 Å². The number of halogens is 2. The first-order valence-corrected chi connectivity index (χ1v) is 18.9. The molecule has 0 aromatic heterocycles. The number of benzene rings is 2. The van der Waals surface area contributed by atoms with E-state index < -0.39 is 42.0 Å². The van der Waals surface area contributed by atoms with Crippen LogP contribution in [0.25, 0.3) is 0 Å². The molecule has 284 valence electrons. The average molecular weight is 775 g/mol. The second kappa shape index (κ2) is 21.6. The lowest BCUT2D eigenvalue weighted by Crippen LogP contribution is -3.00. The summed E-state index contributed by atoms with van der Waals surface area (Å²) in [5, 5.41) is 0. The lowest BCUT2D eigenvalue weighted by atomic mass is 9.98. The molecule has 0 fully saturated rings. The van der Waals surface area contributed by atoms with Crippen LogP contribution in [0, 0.1) is 17.8 Å². The molecule has 0 aliphatic heterocycles. The van der Waals surface area contributed by atoms with Crippen molar-refractivity contribution >= 4 is 41.5 Å². The molecule has 0 spiro atoms. The Hall–Kier alpha value is -2.58. The lowest BCUT2D eigenvalue weighted by Gasteiger charge is -2.25. The molecule has 15 heteroatoms. The normalized spacial score (nSPS) is 12.7. The number of carbonyl (C=O) groups excluding carboxylic acids is 2. The molecule has 0 radical (unpaired) electrons. The number of methoxy groups -OCH3 is 2. The molecule has 2 aromatic carbocycles. The minimum atomic E-state index is -3.61. The largest absolute Gasteiger partial charge is 1.00 e. The fourth-order valence-electron chi connectivity index (χ4n) is 3.41. The van der Waals surface area contributed by atoms with Gasteiger partial charge in [-0.15, -0.1) is 0 Å². The summed E-state index contributed by atoms with van der Waals surface area (Å²) >= 11 is 0. The monoisotopic (exact) mass is 773 g/mol. The molecule has 0 saturated carbocycles. The Morgan fingerprint density at radius 1 is 0.694 bits per heavy atom. The number of esters is 2. The summed E-state index contributed by atoms with van der Waals surface area (Å²) < 4.78 is 67.0. The van der Waals surface area contributed by atoms with E-state index in [1.807, 2.05) is 48.5 Å². The second-order valence-electron chi connectivity index (χ2n) is 13.3. The van der Waals surface area contributed by atoms with Gasteiger partial charge in [-0.05, 0) is 96.0 Å². The highest BCUT2D eigenvalue weighted by atomic mass is 35.7. The minimum Gasteiger partial charge on any atom is -1.00 e. The molecule has 0 saturated heterocycles. The smallest absolute Gasteiger partial charge is 0.365 e. The van der Waals surface area contributed by atoms with E-state index in [4.69, 9.17) is 29.6 Å². The van der Waals surface area contributed by atoms with Crippen LogP contribution < -0.4 is 27.6 Å². The molecule has 0 aliphatic carbocycles. The second-order valence-corrected chi connectivity index (χ2v) is 17.9. The predicted molar refractivity (Wildman–Crippen MR) is 189 cm³/mol. The third-order valence-electron chi connectivity index (χ3n) is 6.19. The highest BCUT2D eigenvalue weighted by Gasteiger charge is 2.33. The van der Waals surface area contributed by atoms with Gasteiger partial charge in [0.05, 0.1) is 35.7 Å². The summed E-state index contributed by atoms with van der Waals surface area (Å²) in [6.45, 7) is 18.4. The molecule has 0 heterocycles. The van der Waals surface area contributed by atoms with Gasteiger partial charge in [0.1, 0.15) is 22.7 Å². The van der Waals surface area contributed by atoms with Gasteiger partial charge in [-0.2, -0.15) is 0 Å². The fraction of sp³-hybridized carbons (Fsp3) is 0.588. The molecular weight excluding hydrogens is 717 g/mol. The van der Waals surface area contributed by atoms with Crippen molar-refractivity contribution in [3.63, 3.8) is 0 Å². The van der Waals surface area contributed by atoms with Crippen molar-refractivity contribution in [3.05, 3.63) is 48.5 Å². The average Bonchev–Trinajstić information content (AvgIpc) is 2.93. The maximum Gasteiger partial charge on any atom is 0.365 e. The van der Waals surface area contributed by atoms with Gasteiger partial charge in [0.25, 0.3) is 9.05 Å². The number of hydrogen-bond acceptors (Lipinski definition) is 10. The molecule has 2 aromatic rings. The molecular formula is C34H57Cl2NO10S2. The number of ether oxygens (including phenoxy) is 4. The van der Waals surface area contributed by atoms with Gasteiger partial charge in [-0.25, -0.2) is 21.6 Å². The fourth-order valence-corrected chi connectivity index (χ4v) is 5.92. The quantitative estimate of drug-likeness (QED) is 0.280. The van der Waals surface area contributed by atoms with E-state index in [9.17, 15) is 26.4 Å². The Kier molecular flexibility index (Phi) is 22.4. The first kappa shape index (κ1) is 50.8. The maximum atomic E-state index is 12.6. The number of rotatable bonds is 10. The molecule has 0 unspecified atom stereocenters. The van der Waals surface area contributed by atoms with Crippen molar-refractivity contribution in [2.75, 3.05) is 20.0 Å². The first-order chi connectivity index (χ1) is 21.2. The van der Waals surface area contributed by atoms with Crippen LogP contribution in [0.15, 0.2) is 58.3 Å². The van der Waals surface area contributed by atoms with Crippen molar-refractivity contribution in [1.82, 2.24) is 0 Å². The van der Waals surface area contributed by atoms with Crippen molar-refractivity contribution < 1.29 is 63.5 Å². The van der Waals surface area contributed by atoms with Crippen LogP contribution in [-0.4, -0.2) is 66.0 Å². The van der Waals surface area contributed by atoms with Gasteiger partial charge in [-0.1, -0.05) is 35.1 Å². The van der Waals surface area contributed by atoms with E-state index in [-0.39, 0.29) is 59.2 Å². The summed E-state index contributed by atoms with van der Waals surface area (Å²) in [6, 6.07) is 11.7. The van der Waals surface area contributed by atoms with E-state index in [1.54, 1.807) is 32.9 Å². The number of carbonyl (C=O) groups is 2. The number of sulfone groups is 1. The zero-order valence-corrected chi connectivity index (χ0v) is 33.1. The molecule has 2 rings (SSSR count). The van der Waals surface area contributed by atoms with Crippen LogP contribution in [0.3, 0.4) is 0 Å². The summed E-state index contributed by atoms with van der Waals surface area (Å²) in [4.78, 5) is 23.9. The van der Waals surface area contributed by atoms with E-state index in [1.165, 1.54) is 50.6 Å². The summed E-state index contributed by atoms with van der Waals surface area (Å²) in [6.07, 6.45) is 0. The van der Waals surface area contributed by atoms with Crippen LogP contribution in [0.4, 0.5) is 0 Å². The Bertz CT molecular complexity index is 1480. The highest BCUT2D eigenvalue weighted by molar-refractivity contribution is 8.13. The van der Waals surface area contributed by atoms with Gasteiger partial charge >= 0.3 is 11.9 Å². The number of hydrogen-bond donors (Lipinski definition) is 1. The zero-order chi connectivity index (χ0) is 37.0. The van der Waals surface area contributed by atoms with Crippen molar-refractivity contribution in [2.45, 2.75) is 104 Å². The predicted octanol–water partition coefficient (Wildman–Crippen LogP) is 2.94. The third-order valence-corrected chi connectivity index (χ3v) is 9.35. The van der Waals surface area contributed by atoms with Gasteiger partial charge in [0.2, 0.25) is 0 Å². The Balaban J connectivity index is -0.000000693. The van der Waals surface area contributed by atoms with E-state index in [0.717, 1.165) is 0 Å². The minimum absolute atomic E-state index is 0. The van der Waals surface area contributed by atoms with Gasteiger partial charge in [0, 0.05) is 16.6 Å². The molecule has 11 nitrogen and oxygen atoms in total. The first-order valence-electron chi connectivity index (χ1n) is 15.0. The molecule has 2 atom stereocenters. The maximum absolute atomic E-state index is 12.6. The Labute approximate surface area is 305 Å². The van der Waals surface area contributed by atoms with Crippen LogP contribution in [0.2, 0.25) is 0 Å². The highest BCUT2D eigenvalue weighted by Crippen LogP contribution is 2.24. The summed E-state index contributed by atoms with van der Waals surface area (Å²) in [5.74, 6) is -0.400. The van der Waals surface area contributed by atoms with Crippen molar-refractivity contribution in [1.29, 1.82) is 0 Å². The molecule has 0 amide bonds. The third kappa shape index (κ3) is 20.6. The van der Waals surface area contributed by atoms with E-state index in [2.05, 4.69) is 5.73 Å². The van der Waals surface area contributed by atoms with Crippen LogP contribution in [-0.2, 0) is 38.0 Å². The van der Waals surface area contributed by atoms with Crippen molar-refractivity contribution in [2.24, 2.45) is 17.8 Å².